The van der Waals surface area contributed by atoms with Gasteiger partial charge in [-0.1, -0.05) is 12.1 Å². The quantitative estimate of drug-likeness (QED) is 0.577. The molecule has 5 heteroatoms. The number of imidazole rings is 1. The maximum absolute atomic E-state index is 4.84. The molecule has 0 radical (unpaired) electrons. The number of anilines is 1. The number of rotatable bonds is 3. The van der Waals surface area contributed by atoms with Gasteiger partial charge >= 0.3 is 0 Å². The van der Waals surface area contributed by atoms with Gasteiger partial charge in [0.2, 0.25) is 0 Å². The first-order valence-corrected chi connectivity index (χ1v) is 8.79. The monoisotopic (exact) mass is 329 g/mol. The van der Waals surface area contributed by atoms with E-state index < -0.39 is 0 Å². The molecule has 4 aromatic rings. The van der Waals surface area contributed by atoms with Crippen LogP contribution in [0.5, 0.6) is 0 Å². The minimum absolute atomic E-state index is 0.808. The molecule has 0 spiro atoms. The summed E-state index contributed by atoms with van der Waals surface area (Å²) in [6.07, 6.45) is 7.07. The molecule has 124 valence electrons. The van der Waals surface area contributed by atoms with Gasteiger partial charge in [0.1, 0.15) is 5.82 Å². The molecule has 1 aliphatic rings. The molecule has 4 heterocycles. The van der Waals surface area contributed by atoms with Gasteiger partial charge in [-0.25, -0.2) is 9.50 Å². The van der Waals surface area contributed by atoms with E-state index in [9.17, 15) is 0 Å². The van der Waals surface area contributed by atoms with E-state index in [0.717, 1.165) is 42.2 Å². The van der Waals surface area contributed by atoms with E-state index in [2.05, 4.69) is 51.3 Å². The standard InChI is InChI=1S/C20H19N5/c1-2-11-24(10-1)20-8-7-19-22-14-17(25(19)23-20)13-15-5-6-18-16(12-15)4-3-9-21-18/h3-9,12,14H,1-2,10-11,13H2. The number of aromatic nitrogens is 4. The normalized spacial score (nSPS) is 14.6. The van der Waals surface area contributed by atoms with Crippen molar-refractivity contribution in [3.05, 3.63) is 66.1 Å². The largest absolute Gasteiger partial charge is 0.355 e. The van der Waals surface area contributed by atoms with Crippen LogP contribution in [0.3, 0.4) is 0 Å². The number of fused-ring (bicyclic) bond motifs is 2. The van der Waals surface area contributed by atoms with Gasteiger partial charge in [-0.3, -0.25) is 4.98 Å². The summed E-state index contributed by atoms with van der Waals surface area (Å²) >= 11 is 0. The summed E-state index contributed by atoms with van der Waals surface area (Å²) in [6.45, 7) is 2.19. The third kappa shape index (κ3) is 2.61. The van der Waals surface area contributed by atoms with Crippen LogP contribution in [0, 0.1) is 0 Å². The van der Waals surface area contributed by atoms with E-state index in [1.165, 1.54) is 23.8 Å². The highest BCUT2D eigenvalue weighted by atomic mass is 15.3. The highest BCUT2D eigenvalue weighted by Crippen LogP contribution is 2.20. The van der Waals surface area contributed by atoms with Gasteiger partial charge < -0.3 is 4.90 Å². The molecule has 0 saturated carbocycles. The second-order valence-electron chi connectivity index (χ2n) is 6.61. The Balaban J connectivity index is 1.51. The van der Waals surface area contributed by atoms with Crippen LogP contribution >= 0.6 is 0 Å². The Kier molecular flexibility index (Phi) is 3.37. The first kappa shape index (κ1) is 14.4. The lowest BCUT2D eigenvalue weighted by Crippen LogP contribution is -2.20. The minimum Gasteiger partial charge on any atom is -0.355 e. The number of hydrogen-bond donors (Lipinski definition) is 0. The fourth-order valence-electron chi connectivity index (χ4n) is 3.59. The summed E-state index contributed by atoms with van der Waals surface area (Å²) in [4.78, 5) is 11.3. The van der Waals surface area contributed by atoms with Crippen molar-refractivity contribution < 1.29 is 0 Å². The van der Waals surface area contributed by atoms with Crippen LogP contribution in [0.2, 0.25) is 0 Å². The van der Waals surface area contributed by atoms with Gasteiger partial charge in [0.15, 0.2) is 5.65 Å². The molecule has 1 aromatic carbocycles. The molecule has 0 amide bonds. The average molecular weight is 329 g/mol. The van der Waals surface area contributed by atoms with Gasteiger partial charge in [-0.15, -0.1) is 5.10 Å². The zero-order chi connectivity index (χ0) is 16.6. The zero-order valence-electron chi connectivity index (χ0n) is 14.0. The fraction of sp³-hybridized carbons (Fsp3) is 0.250. The van der Waals surface area contributed by atoms with E-state index in [-0.39, 0.29) is 0 Å². The van der Waals surface area contributed by atoms with Crippen molar-refractivity contribution in [1.29, 1.82) is 0 Å². The van der Waals surface area contributed by atoms with Gasteiger partial charge in [0.25, 0.3) is 0 Å². The minimum atomic E-state index is 0.808. The van der Waals surface area contributed by atoms with Crippen LogP contribution in [0.4, 0.5) is 5.82 Å². The van der Waals surface area contributed by atoms with Crippen molar-refractivity contribution in [2.24, 2.45) is 0 Å². The van der Waals surface area contributed by atoms with Crippen LogP contribution in [0.1, 0.15) is 24.1 Å². The Morgan fingerprint density at radius 1 is 0.960 bits per heavy atom. The number of pyridine rings is 1. The summed E-state index contributed by atoms with van der Waals surface area (Å²) in [5, 5.41) is 6.01. The summed E-state index contributed by atoms with van der Waals surface area (Å²) in [5.74, 6) is 1.05. The maximum Gasteiger partial charge on any atom is 0.153 e. The van der Waals surface area contributed by atoms with Crippen molar-refractivity contribution in [1.82, 2.24) is 19.6 Å². The number of nitrogens with zero attached hydrogens (tertiary/aromatic N) is 5. The van der Waals surface area contributed by atoms with Crippen molar-refractivity contribution in [3.8, 4) is 0 Å². The Hall–Kier alpha value is -2.95. The second-order valence-corrected chi connectivity index (χ2v) is 6.61. The molecule has 5 nitrogen and oxygen atoms in total. The topological polar surface area (TPSA) is 46.3 Å². The average Bonchev–Trinajstić information content (AvgIpc) is 3.32. The van der Waals surface area contributed by atoms with Crippen molar-refractivity contribution in [2.45, 2.75) is 19.3 Å². The maximum atomic E-state index is 4.84. The van der Waals surface area contributed by atoms with Crippen LogP contribution in [-0.4, -0.2) is 32.7 Å². The van der Waals surface area contributed by atoms with Crippen molar-refractivity contribution in [3.63, 3.8) is 0 Å². The first-order valence-electron chi connectivity index (χ1n) is 8.79. The molecule has 0 bridgehead atoms. The molecular weight excluding hydrogens is 310 g/mol. The van der Waals surface area contributed by atoms with Gasteiger partial charge in [0.05, 0.1) is 17.4 Å². The van der Waals surface area contributed by atoms with E-state index >= 15 is 0 Å². The van der Waals surface area contributed by atoms with Gasteiger partial charge in [-0.2, -0.15) is 0 Å². The van der Waals surface area contributed by atoms with Crippen LogP contribution in [0.15, 0.2) is 54.9 Å². The Morgan fingerprint density at radius 3 is 2.80 bits per heavy atom. The van der Waals surface area contributed by atoms with Gasteiger partial charge in [0, 0.05) is 31.1 Å². The van der Waals surface area contributed by atoms with Crippen LogP contribution < -0.4 is 4.90 Å². The zero-order valence-corrected chi connectivity index (χ0v) is 14.0. The summed E-state index contributed by atoms with van der Waals surface area (Å²) in [7, 11) is 0. The summed E-state index contributed by atoms with van der Waals surface area (Å²) in [6, 6.07) is 14.6. The number of benzene rings is 1. The molecule has 0 aliphatic carbocycles. The van der Waals surface area contributed by atoms with E-state index in [0.29, 0.717) is 0 Å². The van der Waals surface area contributed by atoms with Crippen molar-refractivity contribution >= 4 is 22.4 Å². The van der Waals surface area contributed by atoms with Crippen LogP contribution in [-0.2, 0) is 6.42 Å². The molecule has 25 heavy (non-hydrogen) atoms. The molecule has 3 aromatic heterocycles. The lowest BCUT2D eigenvalue weighted by Gasteiger charge is -2.16. The Morgan fingerprint density at radius 2 is 1.88 bits per heavy atom. The van der Waals surface area contributed by atoms with E-state index in [1.807, 2.05) is 23.0 Å². The molecule has 1 saturated heterocycles. The highest BCUT2D eigenvalue weighted by molar-refractivity contribution is 5.79. The SMILES string of the molecule is c1cnc2ccc(Cc3cnc4ccc(N5CCCC5)nn34)cc2c1. The molecule has 0 atom stereocenters. The number of hydrogen-bond acceptors (Lipinski definition) is 4. The summed E-state index contributed by atoms with van der Waals surface area (Å²) < 4.78 is 1.99. The molecule has 0 N–H and O–H groups in total. The fourth-order valence-corrected chi connectivity index (χ4v) is 3.59. The third-order valence-electron chi connectivity index (χ3n) is 4.90. The first-order chi connectivity index (χ1) is 12.4. The third-order valence-corrected chi connectivity index (χ3v) is 4.90. The molecule has 1 aliphatic heterocycles. The summed E-state index contributed by atoms with van der Waals surface area (Å²) in [5.41, 5.74) is 4.29. The predicted molar refractivity (Wildman–Crippen MR) is 99.0 cm³/mol. The lowest BCUT2D eigenvalue weighted by atomic mass is 10.1. The molecule has 5 rings (SSSR count). The van der Waals surface area contributed by atoms with Crippen LogP contribution in [0.25, 0.3) is 16.6 Å². The lowest BCUT2D eigenvalue weighted by molar-refractivity contribution is 0.828. The second kappa shape index (κ2) is 5.84. The smallest absolute Gasteiger partial charge is 0.153 e. The predicted octanol–water partition coefficient (Wildman–Crippen LogP) is 3.47. The highest BCUT2D eigenvalue weighted by Gasteiger charge is 2.15. The Bertz CT molecular complexity index is 1050. The van der Waals surface area contributed by atoms with Crippen molar-refractivity contribution in [2.75, 3.05) is 18.0 Å². The molecule has 1 fully saturated rings. The van der Waals surface area contributed by atoms with E-state index in [4.69, 9.17) is 5.10 Å². The molecular formula is C20H19N5. The van der Waals surface area contributed by atoms with E-state index in [1.54, 1.807) is 0 Å². The Labute approximate surface area is 145 Å². The molecule has 0 unspecified atom stereocenters. The van der Waals surface area contributed by atoms with Gasteiger partial charge in [-0.05, 0) is 48.7 Å².